The highest BCUT2D eigenvalue weighted by molar-refractivity contribution is 6.14. The number of allylic oxidation sites excluding steroid dienone is 4. The van der Waals surface area contributed by atoms with Crippen LogP contribution in [-0.2, 0) is 19.1 Å². The van der Waals surface area contributed by atoms with Crippen LogP contribution in [-0.4, -0.2) is 29.8 Å². The van der Waals surface area contributed by atoms with Crippen molar-refractivity contribution in [1.82, 2.24) is 0 Å². The molecule has 0 aromatic heterocycles. The van der Waals surface area contributed by atoms with Gasteiger partial charge in [-0.2, -0.15) is 0 Å². The third-order valence-corrected chi connectivity index (χ3v) is 5.97. The van der Waals surface area contributed by atoms with Crippen LogP contribution < -0.4 is 0 Å². The highest BCUT2D eigenvalue weighted by atomic mass is 16.5. The normalized spacial score (nSPS) is 42.4. The zero-order valence-electron chi connectivity index (χ0n) is 12.3. The maximum atomic E-state index is 12.8. The topological polar surface area (TPSA) is 80.7 Å². The number of hydrogen-bond donors (Lipinski definition) is 1. The fourth-order valence-corrected chi connectivity index (χ4v) is 5.02. The summed E-state index contributed by atoms with van der Waals surface area (Å²) in [6, 6.07) is 0. The summed E-state index contributed by atoms with van der Waals surface area (Å²) in [7, 11) is 1.23. The lowest BCUT2D eigenvalue weighted by atomic mass is 9.62. The second-order valence-corrected chi connectivity index (χ2v) is 6.87. The minimum atomic E-state index is -0.975. The van der Waals surface area contributed by atoms with E-state index in [-0.39, 0.29) is 41.4 Å². The molecule has 0 saturated heterocycles. The molecule has 4 rings (SSSR count). The van der Waals surface area contributed by atoms with E-state index in [1.807, 2.05) is 0 Å². The molecule has 0 aromatic rings. The van der Waals surface area contributed by atoms with E-state index in [1.165, 1.54) is 7.11 Å². The van der Waals surface area contributed by atoms with Gasteiger partial charge in [0.05, 0.1) is 7.11 Å². The van der Waals surface area contributed by atoms with Crippen LogP contribution >= 0.6 is 0 Å². The van der Waals surface area contributed by atoms with Crippen molar-refractivity contribution in [1.29, 1.82) is 0 Å². The van der Waals surface area contributed by atoms with Crippen LogP contribution in [0.5, 0.6) is 0 Å². The largest absolute Gasteiger partial charge is 0.504 e. The zero-order chi connectivity index (χ0) is 15.6. The van der Waals surface area contributed by atoms with Crippen molar-refractivity contribution in [3.63, 3.8) is 0 Å². The number of methoxy groups -OCH3 is 1. The Morgan fingerprint density at radius 3 is 2.59 bits per heavy atom. The molecular weight excluding hydrogens is 284 g/mol. The number of aliphatic hydroxyl groups excluding tert-OH is 1. The van der Waals surface area contributed by atoms with Gasteiger partial charge < -0.3 is 9.84 Å². The first-order valence-electron chi connectivity index (χ1n) is 7.80. The number of rotatable bonds is 1. The van der Waals surface area contributed by atoms with Crippen molar-refractivity contribution in [2.24, 2.45) is 35.5 Å². The predicted octanol–water partition coefficient (Wildman–Crippen LogP) is 1.59. The monoisotopic (exact) mass is 302 g/mol. The molecule has 0 heterocycles. The van der Waals surface area contributed by atoms with Gasteiger partial charge in [0, 0.05) is 11.5 Å². The quantitative estimate of drug-likeness (QED) is 0.452. The van der Waals surface area contributed by atoms with E-state index in [0.29, 0.717) is 5.92 Å². The Kier molecular flexibility index (Phi) is 2.83. The molecule has 6 unspecified atom stereocenters. The predicted molar refractivity (Wildman–Crippen MR) is 75.6 cm³/mol. The lowest BCUT2D eigenvalue weighted by molar-refractivity contribution is -0.151. The Hall–Kier alpha value is -1.91. The van der Waals surface area contributed by atoms with E-state index in [9.17, 15) is 19.5 Å². The molecule has 6 atom stereocenters. The summed E-state index contributed by atoms with van der Waals surface area (Å²) in [6.07, 6.45) is 6.34. The van der Waals surface area contributed by atoms with E-state index in [1.54, 1.807) is 0 Å². The van der Waals surface area contributed by atoms with Gasteiger partial charge >= 0.3 is 5.97 Å². The maximum Gasteiger partial charge on any atom is 0.316 e. The second-order valence-electron chi connectivity index (χ2n) is 6.87. The van der Waals surface area contributed by atoms with E-state index in [2.05, 4.69) is 16.9 Å². The van der Waals surface area contributed by atoms with Gasteiger partial charge in [0.1, 0.15) is 5.92 Å². The summed E-state index contributed by atoms with van der Waals surface area (Å²) < 4.78 is 4.66. The molecule has 2 bridgehead atoms. The third-order valence-electron chi connectivity index (χ3n) is 5.97. The van der Waals surface area contributed by atoms with Crippen LogP contribution in [0.4, 0.5) is 0 Å². The fraction of sp³-hybridized carbons (Fsp3) is 0.588. The summed E-state index contributed by atoms with van der Waals surface area (Å²) in [6.45, 7) is 0. The SMILES string of the molecule is COC(=O)C1CC2CC3C4C=CC(C4)C3C(=O)C2=C(O)C1=O. The summed E-state index contributed by atoms with van der Waals surface area (Å²) >= 11 is 0. The molecule has 5 heteroatoms. The molecule has 2 fully saturated rings. The van der Waals surface area contributed by atoms with Crippen LogP contribution in [0.25, 0.3) is 0 Å². The minimum Gasteiger partial charge on any atom is -0.504 e. The van der Waals surface area contributed by atoms with Crippen molar-refractivity contribution in [2.75, 3.05) is 7.11 Å². The van der Waals surface area contributed by atoms with Crippen molar-refractivity contribution in [2.45, 2.75) is 19.3 Å². The lowest BCUT2D eigenvalue weighted by Gasteiger charge is -2.40. The smallest absolute Gasteiger partial charge is 0.316 e. The highest BCUT2D eigenvalue weighted by Gasteiger charge is 2.56. The first-order valence-corrected chi connectivity index (χ1v) is 7.80. The Morgan fingerprint density at radius 2 is 1.86 bits per heavy atom. The first kappa shape index (κ1) is 13.7. The maximum absolute atomic E-state index is 12.8. The third kappa shape index (κ3) is 1.62. The molecule has 0 radical (unpaired) electrons. The number of fused-ring (bicyclic) bond motifs is 6. The molecule has 2 saturated carbocycles. The Labute approximate surface area is 128 Å². The number of hydrogen-bond acceptors (Lipinski definition) is 5. The van der Waals surface area contributed by atoms with Crippen molar-refractivity contribution < 1.29 is 24.2 Å². The molecule has 4 aliphatic rings. The van der Waals surface area contributed by atoms with Gasteiger partial charge in [-0.15, -0.1) is 0 Å². The summed E-state index contributed by atoms with van der Waals surface area (Å²) in [5.74, 6) is -2.17. The zero-order valence-corrected chi connectivity index (χ0v) is 12.3. The van der Waals surface area contributed by atoms with Gasteiger partial charge in [0.2, 0.25) is 5.78 Å². The Balaban J connectivity index is 1.73. The molecule has 116 valence electrons. The van der Waals surface area contributed by atoms with Gasteiger partial charge in [-0.05, 0) is 42.9 Å². The van der Waals surface area contributed by atoms with Gasteiger partial charge in [-0.25, -0.2) is 0 Å². The molecule has 4 aliphatic carbocycles. The summed E-state index contributed by atoms with van der Waals surface area (Å²) in [5.41, 5.74) is 0.271. The van der Waals surface area contributed by atoms with Crippen LogP contribution in [0, 0.1) is 35.5 Å². The van der Waals surface area contributed by atoms with Crippen molar-refractivity contribution in [3.05, 3.63) is 23.5 Å². The molecule has 1 N–H and O–H groups in total. The van der Waals surface area contributed by atoms with Crippen molar-refractivity contribution in [3.8, 4) is 0 Å². The molecule has 22 heavy (non-hydrogen) atoms. The van der Waals surface area contributed by atoms with Gasteiger partial charge in [0.15, 0.2) is 11.5 Å². The van der Waals surface area contributed by atoms with Gasteiger partial charge in [0.25, 0.3) is 0 Å². The molecule has 0 aliphatic heterocycles. The van der Waals surface area contributed by atoms with E-state index < -0.39 is 23.4 Å². The average molecular weight is 302 g/mol. The number of Topliss-reactive ketones (excluding diaryl/α,β-unsaturated/α-hetero) is 2. The minimum absolute atomic E-state index is 0.0766. The molecule has 0 amide bonds. The molecule has 0 aromatic carbocycles. The van der Waals surface area contributed by atoms with E-state index in [4.69, 9.17) is 0 Å². The van der Waals surface area contributed by atoms with Crippen molar-refractivity contribution >= 4 is 17.5 Å². The highest BCUT2D eigenvalue weighted by Crippen LogP contribution is 2.56. The second kappa shape index (κ2) is 4.54. The summed E-state index contributed by atoms with van der Waals surface area (Å²) in [4.78, 5) is 36.8. The number of carbonyl (C=O) groups excluding carboxylic acids is 3. The number of ketones is 2. The Bertz CT molecular complexity index is 643. The lowest BCUT2D eigenvalue weighted by Crippen LogP contribution is -2.44. The summed E-state index contributed by atoms with van der Waals surface area (Å²) in [5, 5.41) is 10.2. The van der Waals surface area contributed by atoms with E-state index >= 15 is 0 Å². The van der Waals surface area contributed by atoms with Crippen LogP contribution in [0.3, 0.4) is 0 Å². The first-order chi connectivity index (χ1) is 10.5. The average Bonchev–Trinajstić information content (AvgIpc) is 3.11. The number of aliphatic hydroxyl groups is 1. The van der Waals surface area contributed by atoms with Crippen LogP contribution in [0.2, 0.25) is 0 Å². The molecule has 0 spiro atoms. The Morgan fingerprint density at radius 1 is 1.14 bits per heavy atom. The van der Waals surface area contributed by atoms with Gasteiger partial charge in [-0.1, -0.05) is 12.2 Å². The number of ether oxygens (including phenoxy) is 1. The van der Waals surface area contributed by atoms with E-state index in [0.717, 1.165) is 12.8 Å². The van der Waals surface area contributed by atoms with Crippen LogP contribution in [0.15, 0.2) is 23.5 Å². The standard InChI is InChI=1S/C17H18O5/c1-22-17(21)11-6-9-5-10-7-2-3-8(4-7)12(10)15(19)13(9)16(20)14(11)18/h2-3,7-12,20H,4-6H2,1H3. The number of esters is 1. The fourth-order valence-electron chi connectivity index (χ4n) is 5.02. The van der Waals surface area contributed by atoms with Crippen LogP contribution in [0.1, 0.15) is 19.3 Å². The molecule has 5 nitrogen and oxygen atoms in total. The van der Waals surface area contributed by atoms with Gasteiger partial charge in [-0.3, -0.25) is 14.4 Å². The number of carbonyl (C=O) groups is 3. The molecular formula is C17H18O5.